The maximum absolute atomic E-state index is 13.1. The third kappa shape index (κ3) is 6.17. The van der Waals surface area contributed by atoms with Crippen LogP contribution in [-0.2, 0) is 23.1 Å². The van der Waals surface area contributed by atoms with Gasteiger partial charge in [-0.05, 0) is 74.5 Å². The lowest BCUT2D eigenvalue weighted by atomic mass is 10.1. The lowest BCUT2D eigenvalue weighted by molar-refractivity contribution is 0.0720. The third-order valence-electron chi connectivity index (χ3n) is 6.67. The maximum Gasteiger partial charge on any atom is 0.257 e. The van der Waals surface area contributed by atoms with Crippen LogP contribution in [0, 0.1) is 0 Å². The van der Waals surface area contributed by atoms with E-state index in [0.29, 0.717) is 18.8 Å². The molecule has 2 heterocycles. The van der Waals surface area contributed by atoms with E-state index in [-0.39, 0.29) is 22.9 Å². The van der Waals surface area contributed by atoms with E-state index in [9.17, 15) is 13.2 Å². The smallest absolute Gasteiger partial charge is 0.257 e. The van der Waals surface area contributed by atoms with Gasteiger partial charge in [0.2, 0.25) is 10.0 Å². The van der Waals surface area contributed by atoms with E-state index < -0.39 is 10.0 Å². The summed E-state index contributed by atoms with van der Waals surface area (Å²) in [6.07, 6.45) is 6.82. The normalized spacial score (nSPS) is 17.5. The Morgan fingerprint density at radius 1 is 0.912 bits per heavy atom. The lowest BCUT2D eigenvalue weighted by Crippen LogP contribution is -2.36. The number of carbonyl (C=O) groups is 1. The second-order valence-corrected chi connectivity index (χ2v) is 11.0. The molecule has 0 aliphatic carbocycles. The first-order valence-electron chi connectivity index (χ1n) is 12.2. The molecule has 1 N–H and O–H groups in total. The van der Waals surface area contributed by atoms with Gasteiger partial charge in [0.1, 0.15) is 5.75 Å². The van der Waals surface area contributed by atoms with Gasteiger partial charge in [-0.3, -0.25) is 9.69 Å². The highest BCUT2D eigenvalue weighted by molar-refractivity contribution is 7.89. The Balaban J connectivity index is 1.46. The summed E-state index contributed by atoms with van der Waals surface area (Å²) >= 11 is 0. The monoisotopic (exact) mass is 485 g/mol. The van der Waals surface area contributed by atoms with Gasteiger partial charge in [-0.15, -0.1) is 0 Å². The second-order valence-electron chi connectivity index (χ2n) is 9.20. The number of nitrogens with one attached hydrogen (secondary N) is 1. The lowest BCUT2D eigenvalue weighted by Gasteiger charge is -2.27. The van der Waals surface area contributed by atoms with Crippen LogP contribution in [0.4, 0.5) is 0 Å². The Hall–Kier alpha value is -2.42. The van der Waals surface area contributed by atoms with Crippen LogP contribution >= 0.6 is 0 Å². The van der Waals surface area contributed by atoms with Crippen molar-refractivity contribution in [3.8, 4) is 5.75 Å². The minimum Gasteiger partial charge on any atom is -0.496 e. The van der Waals surface area contributed by atoms with Crippen LogP contribution in [0.2, 0.25) is 0 Å². The molecule has 2 aromatic rings. The molecule has 2 aliphatic rings. The predicted molar refractivity (Wildman–Crippen MR) is 132 cm³/mol. The van der Waals surface area contributed by atoms with E-state index in [1.54, 1.807) is 11.0 Å². The largest absolute Gasteiger partial charge is 0.496 e. The zero-order valence-corrected chi connectivity index (χ0v) is 20.8. The van der Waals surface area contributed by atoms with E-state index >= 15 is 0 Å². The number of piperidine rings is 2. The number of benzene rings is 2. The number of carbonyl (C=O) groups excluding carboxylic acids is 1. The number of rotatable bonds is 8. The summed E-state index contributed by atoms with van der Waals surface area (Å²) < 4.78 is 34.2. The zero-order chi connectivity index (χ0) is 24.0. The fourth-order valence-electron chi connectivity index (χ4n) is 4.76. The van der Waals surface area contributed by atoms with Crippen molar-refractivity contribution in [1.82, 2.24) is 14.5 Å². The standard InChI is InChI=1S/C26H35N3O4S/c1-33-25-12-11-23(18-24(25)26(30)29-15-6-3-7-16-29)34(31,32)27-19-21-9-8-10-22(17-21)20-28-13-4-2-5-14-28/h8-12,17-18,27H,2-7,13-16,19-20H2,1H3. The first kappa shape index (κ1) is 24.7. The molecule has 7 nitrogen and oxygen atoms in total. The van der Waals surface area contributed by atoms with Gasteiger partial charge in [0.15, 0.2) is 0 Å². The van der Waals surface area contributed by atoms with Crippen molar-refractivity contribution in [3.05, 3.63) is 59.2 Å². The van der Waals surface area contributed by atoms with Gasteiger partial charge in [0.05, 0.1) is 17.6 Å². The SMILES string of the molecule is COc1ccc(S(=O)(=O)NCc2cccc(CN3CCCCC3)c2)cc1C(=O)N1CCCCC1. The average Bonchev–Trinajstić information content (AvgIpc) is 2.88. The van der Waals surface area contributed by atoms with E-state index in [0.717, 1.165) is 44.5 Å². The van der Waals surface area contributed by atoms with E-state index in [1.165, 1.54) is 44.1 Å². The van der Waals surface area contributed by atoms with E-state index in [4.69, 9.17) is 4.74 Å². The van der Waals surface area contributed by atoms with Crippen molar-refractivity contribution in [2.45, 2.75) is 56.5 Å². The number of likely N-dealkylation sites (tertiary alicyclic amines) is 2. The van der Waals surface area contributed by atoms with Crippen molar-refractivity contribution in [3.63, 3.8) is 0 Å². The molecular formula is C26H35N3O4S. The Labute approximate surface area is 203 Å². The second kappa shape index (κ2) is 11.3. The van der Waals surface area contributed by atoms with Gasteiger partial charge in [0.25, 0.3) is 5.91 Å². The van der Waals surface area contributed by atoms with Gasteiger partial charge in [-0.2, -0.15) is 0 Å². The molecule has 0 atom stereocenters. The van der Waals surface area contributed by atoms with Crippen molar-refractivity contribution in [2.24, 2.45) is 0 Å². The summed E-state index contributed by atoms with van der Waals surface area (Å²) in [4.78, 5) is 17.4. The highest BCUT2D eigenvalue weighted by Gasteiger charge is 2.24. The first-order chi connectivity index (χ1) is 16.5. The van der Waals surface area contributed by atoms with E-state index in [1.807, 2.05) is 12.1 Å². The summed E-state index contributed by atoms with van der Waals surface area (Å²) in [6, 6.07) is 12.6. The summed E-state index contributed by atoms with van der Waals surface area (Å²) in [5.41, 5.74) is 2.39. The molecule has 0 unspecified atom stereocenters. The van der Waals surface area contributed by atoms with Crippen LogP contribution in [-0.4, -0.2) is 57.4 Å². The quantitative estimate of drug-likeness (QED) is 0.616. The number of sulfonamides is 1. The number of hydrogen-bond acceptors (Lipinski definition) is 5. The van der Waals surface area contributed by atoms with Gasteiger partial charge >= 0.3 is 0 Å². The highest BCUT2D eigenvalue weighted by Crippen LogP contribution is 2.25. The Bertz CT molecular complexity index is 1090. The highest BCUT2D eigenvalue weighted by atomic mass is 32.2. The fourth-order valence-corrected chi connectivity index (χ4v) is 5.81. The summed E-state index contributed by atoms with van der Waals surface area (Å²) in [6.45, 7) is 4.69. The molecule has 184 valence electrons. The van der Waals surface area contributed by atoms with Crippen LogP contribution in [0.5, 0.6) is 5.75 Å². The van der Waals surface area contributed by atoms with Gasteiger partial charge in [-0.1, -0.05) is 30.7 Å². The third-order valence-corrected chi connectivity index (χ3v) is 8.07. The maximum atomic E-state index is 13.1. The Morgan fingerprint density at radius 2 is 1.59 bits per heavy atom. The van der Waals surface area contributed by atoms with Crippen LogP contribution in [0.15, 0.2) is 47.4 Å². The molecule has 34 heavy (non-hydrogen) atoms. The predicted octanol–water partition coefficient (Wildman–Crippen LogP) is 3.79. The van der Waals surface area contributed by atoms with Crippen LogP contribution in [0.3, 0.4) is 0 Å². The molecule has 2 fully saturated rings. The van der Waals surface area contributed by atoms with Gasteiger partial charge in [0, 0.05) is 26.2 Å². The molecule has 1 amide bonds. The summed E-state index contributed by atoms with van der Waals surface area (Å²) in [5, 5.41) is 0. The number of nitrogens with zero attached hydrogens (tertiary/aromatic N) is 2. The molecular weight excluding hydrogens is 450 g/mol. The molecule has 0 bridgehead atoms. The van der Waals surface area contributed by atoms with Crippen molar-refractivity contribution in [1.29, 1.82) is 0 Å². The Kier molecular flexibility index (Phi) is 8.24. The molecule has 2 aliphatic heterocycles. The molecule has 2 saturated heterocycles. The summed E-state index contributed by atoms with van der Waals surface area (Å²) in [5.74, 6) is 0.207. The molecule has 2 aromatic carbocycles. The molecule has 0 spiro atoms. The van der Waals surface area contributed by atoms with Crippen molar-refractivity contribution < 1.29 is 17.9 Å². The topological polar surface area (TPSA) is 79.0 Å². The molecule has 0 aromatic heterocycles. The Morgan fingerprint density at radius 3 is 2.29 bits per heavy atom. The number of amides is 1. The van der Waals surface area contributed by atoms with Crippen LogP contribution < -0.4 is 9.46 Å². The number of methoxy groups -OCH3 is 1. The van der Waals surface area contributed by atoms with Crippen LogP contribution in [0.1, 0.15) is 60.0 Å². The molecule has 4 rings (SSSR count). The van der Waals surface area contributed by atoms with Crippen LogP contribution in [0.25, 0.3) is 0 Å². The minimum atomic E-state index is -3.80. The van der Waals surface area contributed by atoms with Crippen molar-refractivity contribution >= 4 is 15.9 Å². The first-order valence-corrected chi connectivity index (χ1v) is 13.7. The van der Waals surface area contributed by atoms with Crippen molar-refractivity contribution in [2.75, 3.05) is 33.3 Å². The molecule has 8 heteroatoms. The summed E-state index contributed by atoms with van der Waals surface area (Å²) in [7, 11) is -2.31. The average molecular weight is 486 g/mol. The fraction of sp³-hybridized carbons (Fsp3) is 0.500. The molecule has 0 radical (unpaired) electrons. The molecule has 0 saturated carbocycles. The van der Waals surface area contributed by atoms with Gasteiger partial charge in [-0.25, -0.2) is 13.1 Å². The minimum absolute atomic E-state index is 0.0677. The van der Waals surface area contributed by atoms with E-state index in [2.05, 4.69) is 21.8 Å². The zero-order valence-electron chi connectivity index (χ0n) is 20.0. The number of hydrogen-bond donors (Lipinski definition) is 1. The number of ether oxygens (including phenoxy) is 1. The van der Waals surface area contributed by atoms with Gasteiger partial charge < -0.3 is 9.64 Å².